The highest BCUT2D eigenvalue weighted by atomic mass is 16.5. The molecule has 1 aliphatic rings. The summed E-state index contributed by atoms with van der Waals surface area (Å²) in [6.07, 6.45) is 0. The van der Waals surface area contributed by atoms with Gasteiger partial charge in [-0.25, -0.2) is 0 Å². The van der Waals surface area contributed by atoms with E-state index in [1.807, 2.05) is 31.2 Å². The first-order valence-electron chi connectivity index (χ1n) is 7.00. The molecule has 0 saturated carbocycles. The molecule has 1 amide bonds. The molecule has 2 N–H and O–H groups in total. The molecule has 0 bridgehead atoms. The van der Waals surface area contributed by atoms with E-state index in [-0.39, 0.29) is 5.91 Å². The average molecular weight is 274 g/mol. The van der Waals surface area contributed by atoms with Crippen LogP contribution in [0.5, 0.6) is 5.75 Å². The number of para-hydroxylation sites is 2. The Kier molecular flexibility index (Phi) is 4.79. The van der Waals surface area contributed by atoms with Gasteiger partial charge in [-0.2, -0.15) is 0 Å². The van der Waals surface area contributed by atoms with E-state index in [4.69, 9.17) is 4.74 Å². The third-order valence-corrected chi connectivity index (χ3v) is 3.26. The van der Waals surface area contributed by atoms with Crippen LogP contribution in [0.4, 0.5) is 5.69 Å². The molecule has 1 aromatic carbocycles. The number of hydrogen-bond donors (Lipinski definition) is 2. The van der Waals surface area contributed by atoms with Crippen LogP contribution in [0.2, 0.25) is 0 Å². The van der Waals surface area contributed by atoms with Gasteiger partial charge in [0.2, 0.25) is 0 Å². The van der Waals surface area contributed by atoms with E-state index in [2.05, 4.69) is 24.5 Å². The van der Waals surface area contributed by atoms with Crippen LogP contribution in [0, 0.1) is 5.92 Å². The molecule has 1 heterocycles. The normalized spacial score (nSPS) is 13.9. The Labute approximate surface area is 120 Å². The lowest BCUT2D eigenvalue weighted by Crippen LogP contribution is -2.36. The molecule has 0 aliphatic carbocycles. The minimum Gasteiger partial charge on any atom is -0.491 e. The van der Waals surface area contributed by atoms with Crippen LogP contribution >= 0.6 is 0 Å². The van der Waals surface area contributed by atoms with Gasteiger partial charge in [0.25, 0.3) is 5.91 Å². The van der Waals surface area contributed by atoms with Gasteiger partial charge in [0.15, 0.2) is 0 Å². The second kappa shape index (κ2) is 6.57. The van der Waals surface area contributed by atoms with E-state index >= 15 is 0 Å². The summed E-state index contributed by atoms with van der Waals surface area (Å²) in [4.78, 5) is 12.2. The first kappa shape index (κ1) is 14.6. The molecule has 1 aromatic rings. The molecule has 0 radical (unpaired) electrons. The zero-order valence-corrected chi connectivity index (χ0v) is 12.3. The van der Waals surface area contributed by atoms with Crippen molar-refractivity contribution in [3.63, 3.8) is 0 Å². The van der Waals surface area contributed by atoms with Gasteiger partial charge in [0.1, 0.15) is 5.75 Å². The maximum atomic E-state index is 12.2. The first-order valence-corrected chi connectivity index (χ1v) is 7.00. The zero-order chi connectivity index (χ0) is 14.5. The van der Waals surface area contributed by atoms with E-state index in [0.29, 0.717) is 12.5 Å². The smallest absolute Gasteiger partial charge is 0.251 e. The Morgan fingerprint density at radius 3 is 2.65 bits per heavy atom. The van der Waals surface area contributed by atoms with Crippen LogP contribution in [0.25, 0.3) is 0 Å². The van der Waals surface area contributed by atoms with Gasteiger partial charge in [-0.3, -0.25) is 4.79 Å². The monoisotopic (exact) mass is 274 g/mol. The van der Waals surface area contributed by atoms with Gasteiger partial charge in [-0.05, 0) is 30.5 Å². The summed E-state index contributed by atoms with van der Waals surface area (Å²) in [5.74, 6) is 1.12. The van der Waals surface area contributed by atoms with Crippen LogP contribution < -0.4 is 15.4 Å². The number of rotatable bonds is 5. The first-order chi connectivity index (χ1) is 9.58. The Balaban J connectivity index is 2.07. The molecule has 108 valence electrons. The SMILES string of the molecule is CC(C(=O)Nc1ccccc1OCC(C)C)=C1CNC1. The fourth-order valence-corrected chi connectivity index (χ4v) is 1.84. The maximum absolute atomic E-state index is 12.2. The summed E-state index contributed by atoms with van der Waals surface area (Å²) in [6.45, 7) is 8.31. The molecule has 0 spiro atoms. The summed E-state index contributed by atoms with van der Waals surface area (Å²) in [6, 6.07) is 7.55. The lowest BCUT2D eigenvalue weighted by molar-refractivity contribution is -0.112. The third kappa shape index (κ3) is 3.61. The second-order valence-corrected chi connectivity index (χ2v) is 5.49. The highest BCUT2D eigenvalue weighted by Crippen LogP contribution is 2.25. The molecule has 1 aliphatic heterocycles. The van der Waals surface area contributed by atoms with Gasteiger partial charge in [-0.15, -0.1) is 0 Å². The number of carbonyl (C=O) groups excluding carboxylic acids is 1. The van der Waals surface area contributed by atoms with Crippen molar-refractivity contribution in [1.29, 1.82) is 0 Å². The Morgan fingerprint density at radius 1 is 1.35 bits per heavy atom. The standard InChI is InChI=1S/C16H22N2O2/c1-11(2)10-20-15-7-5-4-6-14(15)18-16(19)12(3)13-8-17-9-13/h4-7,11,17H,8-10H2,1-3H3,(H,18,19). The van der Waals surface area contributed by atoms with Crippen LogP contribution in [0.3, 0.4) is 0 Å². The molecule has 0 unspecified atom stereocenters. The van der Waals surface area contributed by atoms with Gasteiger partial charge in [0.05, 0.1) is 12.3 Å². The zero-order valence-electron chi connectivity index (χ0n) is 12.3. The van der Waals surface area contributed by atoms with E-state index < -0.39 is 0 Å². The Morgan fingerprint density at radius 2 is 2.05 bits per heavy atom. The van der Waals surface area contributed by atoms with Gasteiger partial charge in [-0.1, -0.05) is 26.0 Å². The highest BCUT2D eigenvalue weighted by Gasteiger charge is 2.17. The second-order valence-electron chi connectivity index (χ2n) is 5.49. The average Bonchev–Trinajstić information content (AvgIpc) is 2.35. The summed E-state index contributed by atoms with van der Waals surface area (Å²) < 4.78 is 5.74. The van der Waals surface area contributed by atoms with Crippen molar-refractivity contribution >= 4 is 11.6 Å². The van der Waals surface area contributed by atoms with E-state index in [0.717, 1.165) is 30.1 Å². The summed E-state index contributed by atoms with van der Waals surface area (Å²) in [5, 5.41) is 6.08. The quantitative estimate of drug-likeness (QED) is 0.811. The van der Waals surface area contributed by atoms with Crippen molar-refractivity contribution in [3.8, 4) is 5.75 Å². The number of hydrogen-bond acceptors (Lipinski definition) is 3. The molecule has 4 heteroatoms. The van der Waals surface area contributed by atoms with Crippen LogP contribution in [-0.4, -0.2) is 25.6 Å². The minimum atomic E-state index is -0.0536. The largest absolute Gasteiger partial charge is 0.491 e. The fraction of sp³-hybridized carbons (Fsp3) is 0.438. The molecular weight excluding hydrogens is 252 g/mol. The van der Waals surface area contributed by atoms with E-state index in [9.17, 15) is 4.79 Å². The minimum absolute atomic E-state index is 0.0536. The summed E-state index contributed by atoms with van der Waals surface area (Å²) in [7, 11) is 0. The van der Waals surface area contributed by atoms with Crippen LogP contribution in [-0.2, 0) is 4.79 Å². The number of carbonyl (C=O) groups is 1. The van der Waals surface area contributed by atoms with Gasteiger partial charge >= 0.3 is 0 Å². The number of nitrogens with one attached hydrogen (secondary N) is 2. The maximum Gasteiger partial charge on any atom is 0.251 e. The summed E-state index contributed by atoms with van der Waals surface area (Å²) >= 11 is 0. The van der Waals surface area contributed by atoms with Gasteiger partial charge in [0, 0.05) is 18.7 Å². The molecular formula is C16H22N2O2. The fourth-order valence-electron chi connectivity index (χ4n) is 1.84. The number of anilines is 1. The molecule has 2 rings (SSSR count). The van der Waals surface area contributed by atoms with Crippen molar-refractivity contribution in [2.24, 2.45) is 5.92 Å². The molecule has 0 aromatic heterocycles. The summed E-state index contributed by atoms with van der Waals surface area (Å²) in [5.41, 5.74) is 2.69. The topological polar surface area (TPSA) is 50.4 Å². The Hall–Kier alpha value is -1.81. The number of ether oxygens (including phenoxy) is 1. The molecule has 1 saturated heterocycles. The van der Waals surface area contributed by atoms with Crippen molar-refractivity contribution in [1.82, 2.24) is 5.32 Å². The van der Waals surface area contributed by atoms with Crippen molar-refractivity contribution in [2.45, 2.75) is 20.8 Å². The predicted molar refractivity (Wildman–Crippen MR) is 81.0 cm³/mol. The molecule has 4 nitrogen and oxygen atoms in total. The van der Waals surface area contributed by atoms with Crippen molar-refractivity contribution in [3.05, 3.63) is 35.4 Å². The molecule has 1 fully saturated rings. The van der Waals surface area contributed by atoms with Gasteiger partial charge < -0.3 is 15.4 Å². The van der Waals surface area contributed by atoms with Crippen molar-refractivity contribution < 1.29 is 9.53 Å². The van der Waals surface area contributed by atoms with E-state index in [1.54, 1.807) is 0 Å². The lowest BCUT2D eigenvalue weighted by atomic mass is 10.0. The van der Waals surface area contributed by atoms with Crippen LogP contribution in [0.1, 0.15) is 20.8 Å². The number of amides is 1. The highest BCUT2D eigenvalue weighted by molar-refractivity contribution is 6.04. The van der Waals surface area contributed by atoms with Crippen molar-refractivity contribution in [2.75, 3.05) is 25.0 Å². The molecule has 0 atom stereocenters. The Bertz CT molecular complexity index is 515. The third-order valence-electron chi connectivity index (χ3n) is 3.26. The van der Waals surface area contributed by atoms with Crippen LogP contribution in [0.15, 0.2) is 35.4 Å². The van der Waals surface area contributed by atoms with E-state index in [1.165, 1.54) is 5.57 Å². The molecule has 20 heavy (non-hydrogen) atoms. The predicted octanol–water partition coefficient (Wildman–Crippen LogP) is 2.58. The number of benzene rings is 1. The lowest BCUT2D eigenvalue weighted by Gasteiger charge is -2.22.